The molecule has 1 heterocycles. The maximum absolute atomic E-state index is 13.0. The SMILES string of the molecule is COc1ccc(-c2nc(=O)cc(-c3ccc(F)cc3)o2)cc1. The molecule has 0 unspecified atom stereocenters. The lowest BCUT2D eigenvalue weighted by Gasteiger charge is -2.05. The molecular weight excluding hydrogens is 285 g/mol. The Hall–Kier alpha value is -2.95. The van der Waals surface area contributed by atoms with E-state index in [4.69, 9.17) is 9.15 Å². The van der Waals surface area contributed by atoms with Crippen LogP contribution in [0.3, 0.4) is 0 Å². The van der Waals surface area contributed by atoms with E-state index in [1.807, 2.05) is 0 Å². The van der Waals surface area contributed by atoms with Gasteiger partial charge in [-0.3, -0.25) is 4.79 Å². The Morgan fingerprint density at radius 1 is 1.00 bits per heavy atom. The summed E-state index contributed by atoms with van der Waals surface area (Å²) in [4.78, 5) is 15.6. The molecule has 2 aromatic carbocycles. The fraction of sp³-hybridized carbons (Fsp3) is 0.0588. The fourth-order valence-corrected chi connectivity index (χ4v) is 2.01. The topological polar surface area (TPSA) is 52.3 Å². The molecule has 1 aromatic heterocycles. The minimum Gasteiger partial charge on any atom is -0.497 e. The molecule has 0 aliphatic carbocycles. The number of methoxy groups -OCH3 is 1. The fourth-order valence-electron chi connectivity index (χ4n) is 2.01. The highest BCUT2D eigenvalue weighted by Crippen LogP contribution is 2.24. The third-order valence-electron chi connectivity index (χ3n) is 3.14. The third-order valence-corrected chi connectivity index (χ3v) is 3.14. The van der Waals surface area contributed by atoms with Crippen LogP contribution in [0.15, 0.2) is 63.8 Å². The Kier molecular flexibility index (Phi) is 3.70. The first kappa shape index (κ1) is 14.0. The van der Waals surface area contributed by atoms with Gasteiger partial charge in [0.25, 0.3) is 5.56 Å². The number of halogens is 1. The number of hydrogen-bond acceptors (Lipinski definition) is 4. The van der Waals surface area contributed by atoms with Crippen molar-refractivity contribution < 1.29 is 13.5 Å². The molecule has 0 radical (unpaired) electrons. The molecule has 0 aliphatic rings. The van der Waals surface area contributed by atoms with Gasteiger partial charge in [-0.2, -0.15) is 4.98 Å². The van der Waals surface area contributed by atoms with Crippen LogP contribution in [0.5, 0.6) is 5.75 Å². The van der Waals surface area contributed by atoms with Crippen LogP contribution in [-0.4, -0.2) is 12.1 Å². The number of benzene rings is 2. The highest BCUT2D eigenvalue weighted by molar-refractivity contribution is 5.60. The lowest BCUT2D eigenvalue weighted by Crippen LogP contribution is -2.05. The van der Waals surface area contributed by atoms with E-state index in [-0.39, 0.29) is 11.7 Å². The van der Waals surface area contributed by atoms with Gasteiger partial charge in [-0.25, -0.2) is 4.39 Å². The van der Waals surface area contributed by atoms with Gasteiger partial charge in [-0.05, 0) is 48.5 Å². The van der Waals surface area contributed by atoms with Crippen molar-refractivity contribution in [1.29, 1.82) is 0 Å². The van der Waals surface area contributed by atoms with Crippen LogP contribution in [0.25, 0.3) is 22.8 Å². The Morgan fingerprint density at radius 3 is 2.27 bits per heavy atom. The van der Waals surface area contributed by atoms with E-state index in [1.54, 1.807) is 43.5 Å². The van der Waals surface area contributed by atoms with Crippen molar-refractivity contribution in [1.82, 2.24) is 4.98 Å². The van der Waals surface area contributed by atoms with Gasteiger partial charge in [0.1, 0.15) is 17.3 Å². The van der Waals surface area contributed by atoms with Crippen LogP contribution in [-0.2, 0) is 0 Å². The standard InChI is InChI=1S/C17H12FNO3/c1-21-14-8-4-12(5-9-14)17-19-16(20)10-15(22-17)11-2-6-13(18)7-3-11/h2-10H,1H3. The highest BCUT2D eigenvalue weighted by atomic mass is 19.1. The first-order chi connectivity index (χ1) is 10.7. The summed E-state index contributed by atoms with van der Waals surface area (Å²) >= 11 is 0. The maximum Gasteiger partial charge on any atom is 0.276 e. The molecular formula is C17H12FNO3. The van der Waals surface area contributed by atoms with Crippen LogP contribution < -0.4 is 10.3 Å². The molecule has 5 heteroatoms. The smallest absolute Gasteiger partial charge is 0.276 e. The number of nitrogens with zero attached hydrogens (tertiary/aromatic N) is 1. The molecule has 0 spiro atoms. The number of aromatic nitrogens is 1. The largest absolute Gasteiger partial charge is 0.497 e. The minimum absolute atomic E-state index is 0.203. The molecule has 110 valence electrons. The number of rotatable bonds is 3. The predicted octanol–water partition coefficient (Wildman–Crippen LogP) is 3.52. The van der Waals surface area contributed by atoms with Gasteiger partial charge in [0.05, 0.1) is 7.11 Å². The Balaban J connectivity index is 2.05. The van der Waals surface area contributed by atoms with Crippen molar-refractivity contribution in [3.8, 4) is 28.5 Å². The van der Waals surface area contributed by atoms with Gasteiger partial charge >= 0.3 is 0 Å². The van der Waals surface area contributed by atoms with Gasteiger partial charge in [0, 0.05) is 17.2 Å². The zero-order chi connectivity index (χ0) is 15.5. The van der Waals surface area contributed by atoms with Crippen LogP contribution in [0.2, 0.25) is 0 Å². The quantitative estimate of drug-likeness (QED) is 0.742. The molecule has 0 bridgehead atoms. The Morgan fingerprint density at radius 2 is 1.64 bits per heavy atom. The minimum atomic E-state index is -0.420. The monoisotopic (exact) mass is 297 g/mol. The van der Waals surface area contributed by atoms with Crippen molar-refractivity contribution in [2.45, 2.75) is 0 Å². The Labute approximate surface area is 125 Å². The van der Waals surface area contributed by atoms with Crippen LogP contribution in [0.4, 0.5) is 4.39 Å². The van der Waals surface area contributed by atoms with Gasteiger partial charge in [0.15, 0.2) is 0 Å². The van der Waals surface area contributed by atoms with Crippen LogP contribution >= 0.6 is 0 Å². The molecule has 0 aliphatic heterocycles. The summed E-state index contributed by atoms with van der Waals surface area (Å²) < 4.78 is 23.7. The molecule has 3 rings (SSSR count). The summed E-state index contributed by atoms with van der Waals surface area (Å²) in [5.74, 6) is 0.886. The molecule has 0 saturated carbocycles. The average Bonchev–Trinajstić information content (AvgIpc) is 2.55. The zero-order valence-electron chi connectivity index (χ0n) is 11.7. The van der Waals surface area contributed by atoms with Crippen LogP contribution in [0, 0.1) is 5.82 Å². The Bertz CT molecular complexity index is 839. The van der Waals surface area contributed by atoms with E-state index >= 15 is 0 Å². The predicted molar refractivity (Wildman–Crippen MR) is 80.2 cm³/mol. The molecule has 0 saturated heterocycles. The second-order valence-electron chi connectivity index (χ2n) is 4.60. The van der Waals surface area contributed by atoms with Crippen molar-refractivity contribution in [2.75, 3.05) is 7.11 Å². The molecule has 0 atom stereocenters. The van der Waals surface area contributed by atoms with Crippen molar-refractivity contribution in [2.24, 2.45) is 0 Å². The summed E-state index contributed by atoms with van der Waals surface area (Å²) in [6.07, 6.45) is 0. The molecule has 0 amide bonds. The van der Waals surface area contributed by atoms with Gasteiger partial charge in [-0.15, -0.1) is 0 Å². The van der Waals surface area contributed by atoms with E-state index in [0.29, 0.717) is 22.6 Å². The van der Waals surface area contributed by atoms with Gasteiger partial charge < -0.3 is 9.15 Å². The van der Waals surface area contributed by atoms with Crippen molar-refractivity contribution in [3.05, 3.63) is 70.8 Å². The molecule has 0 N–H and O–H groups in total. The van der Waals surface area contributed by atoms with E-state index in [1.165, 1.54) is 18.2 Å². The summed E-state index contributed by atoms with van der Waals surface area (Å²) in [7, 11) is 1.57. The van der Waals surface area contributed by atoms with E-state index in [9.17, 15) is 9.18 Å². The highest BCUT2D eigenvalue weighted by Gasteiger charge is 2.09. The first-order valence-electron chi connectivity index (χ1n) is 6.58. The van der Waals surface area contributed by atoms with Gasteiger partial charge in [-0.1, -0.05) is 0 Å². The van der Waals surface area contributed by atoms with Gasteiger partial charge in [0.2, 0.25) is 5.89 Å². The van der Waals surface area contributed by atoms with Crippen LogP contribution in [0.1, 0.15) is 0 Å². The summed E-state index contributed by atoms with van der Waals surface area (Å²) in [6.45, 7) is 0. The van der Waals surface area contributed by atoms with Crippen molar-refractivity contribution >= 4 is 0 Å². The lowest BCUT2D eigenvalue weighted by molar-refractivity contribution is 0.415. The molecule has 0 fully saturated rings. The summed E-state index contributed by atoms with van der Waals surface area (Å²) in [5.41, 5.74) is 0.842. The van der Waals surface area contributed by atoms with E-state index in [0.717, 1.165) is 0 Å². The molecule has 3 aromatic rings. The molecule has 4 nitrogen and oxygen atoms in total. The zero-order valence-corrected chi connectivity index (χ0v) is 11.7. The number of ether oxygens (including phenoxy) is 1. The normalized spacial score (nSPS) is 10.5. The molecule has 22 heavy (non-hydrogen) atoms. The van der Waals surface area contributed by atoms with E-state index < -0.39 is 5.56 Å². The second-order valence-corrected chi connectivity index (χ2v) is 4.60. The summed E-state index contributed by atoms with van der Waals surface area (Å²) in [5, 5.41) is 0. The maximum atomic E-state index is 13.0. The number of hydrogen-bond donors (Lipinski definition) is 0. The first-order valence-corrected chi connectivity index (χ1v) is 6.58. The van der Waals surface area contributed by atoms with Crippen molar-refractivity contribution in [3.63, 3.8) is 0 Å². The summed E-state index contributed by atoms with van der Waals surface area (Å²) in [6, 6.07) is 14.0. The second kappa shape index (κ2) is 5.81. The third kappa shape index (κ3) is 2.88. The lowest BCUT2D eigenvalue weighted by atomic mass is 10.1. The average molecular weight is 297 g/mol. The van der Waals surface area contributed by atoms with E-state index in [2.05, 4.69) is 4.98 Å².